The van der Waals surface area contributed by atoms with Crippen LogP contribution in [0.15, 0.2) is 46.9 Å². The van der Waals surface area contributed by atoms with Gasteiger partial charge < -0.3 is 14.8 Å². The topological polar surface area (TPSA) is 47.6 Å². The number of halogens is 1. The zero-order chi connectivity index (χ0) is 18.4. The number of hydrogen-bond donors (Lipinski definition) is 1. The Morgan fingerprint density at radius 2 is 1.80 bits per heavy atom. The molecule has 1 amide bonds. The Balaban J connectivity index is 1.85. The van der Waals surface area contributed by atoms with Crippen molar-refractivity contribution >= 4 is 21.8 Å². The van der Waals surface area contributed by atoms with Crippen molar-refractivity contribution < 1.29 is 14.3 Å². The molecule has 1 N–H and O–H groups in total. The quantitative estimate of drug-likeness (QED) is 0.771. The average molecular weight is 406 g/mol. The summed E-state index contributed by atoms with van der Waals surface area (Å²) in [5.74, 6) is 1.29. The molecule has 5 heteroatoms. The molecule has 134 valence electrons. The fourth-order valence-electron chi connectivity index (χ4n) is 2.22. The number of benzene rings is 2. The maximum Gasteiger partial charge on any atom is 0.258 e. The minimum atomic E-state index is -0.164. The third-order valence-electron chi connectivity index (χ3n) is 3.81. The SMILES string of the molecule is COc1ccc(CNC(=O)COc2ccc(C(C)(C)C)cc2Br)cc1. The number of nitrogens with one attached hydrogen (secondary N) is 1. The first-order valence-corrected chi connectivity index (χ1v) is 8.91. The first kappa shape index (κ1) is 19.3. The van der Waals surface area contributed by atoms with E-state index in [1.165, 1.54) is 5.56 Å². The van der Waals surface area contributed by atoms with E-state index in [-0.39, 0.29) is 17.9 Å². The maximum absolute atomic E-state index is 12.0. The number of carbonyl (C=O) groups excluding carboxylic acids is 1. The summed E-state index contributed by atoms with van der Waals surface area (Å²) in [7, 11) is 1.63. The maximum atomic E-state index is 12.0. The molecule has 0 unspecified atom stereocenters. The molecule has 0 atom stereocenters. The Morgan fingerprint density at radius 3 is 2.36 bits per heavy atom. The second-order valence-corrected chi connectivity index (χ2v) is 7.66. The molecule has 0 aliphatic heterocycles. The highest BCUT2D eigenvalue weighted by Crippen LogP contribution is 2.31. The van der Waals surface area contributed by atoms with Gasteiger partial charge in [0.2, 0.25) is 0 Å². The van der Waals surface area contributed by atoms with E-state index < -0.39 is 0 Å². The number of carbonyl (C=O) groups is 1. The van der Waals surface area contributed by atoms with Gasteiger partial charge in [-0.1, -0.05) is 39.0 Å². The number of hydrogen-bond acceptors (Lipinski definition) is 3. The highest BCUT2D eigenvalue weighted by molar-refractivity contribution is 9.10. The van der Waals surface area contributed by atoms with Gasteiger partial charge >= 0.3 is 0 Å². The fourth-order valence-corrected chi connectivity index (χ4v) is 2.72. The van der Waals surface area contributed by atoms with Crippen LogP contribution in [0.1, 0.15) is 31.9 Å². The van der Waals surface area contributed by atoms with E-state index in [1.54, 1.807) is 7.11 Å². The van der Waals surface area contributed by atoms with Crippen molar-refractivity contribution in [2.75, 3.05) is 13.7 Å². The summed E-state index contributed by atoms with van der Waals surface area (Å²) in [5, 5.41) is 2.84. The normalized spacial score (nSPS) is 11.1. The van der Waals surface area contributed by atoms with Crippen molar-refractivity contribution in [3.63, 3.8) is 0 Å². The van der Waals surface area contributed by atoms with E-state index in [0.29, 0.717) is 12.3 Å². The van der Waals surface area contributed by atoms with Crippen LogP contribution in [0.3, 0.4) is 0 Å². The summed E-state index contributed by atoms with van der Waals surface area (Å²) in [5.41, 5.74) is 2.28. The Kier molecular flexibility index (Phi) is 6.48. The highest BCUT2D eigenvalue weighted by atomic mass is 79.9. The Bertz CT molecular complexity index is 721. The van der Waals surface area contributed by atoms with Gasteiger partial charge in [0.15, 0.2) is 6.61 Å². The third-order valence-corrected chi connectivity index (χ3v) is 4.43. The molecule has 0 saturated heterocycles. The third kappa shape index (κ3) is 5.78. The molecular formula is C20H24BrNO3. The first-order valence-electron chi connectivity index (χ1n) is 8.12. The van der Waals surface area contributed by atoms with E-state index in [4.69, 9.17) is 9.47 Å². The van der Waals surface area contributed by atoms with Crippen LogP contribution in [0.4, 0.5) is 0 Å². The van der Waals surface area contributed by atoms with Gasteiger partial charge in [0.1, 0.15) is 11.5 Å². The van der Waals surface area contributed by atoms with E-state index in [9.17, 15) is 4.79 Å². The van der Waals surface area contributed by atoms with Crippen LogP contribution in [-0.4, -0.2) is 19.6 Å². The van der Waals surface area contributed by atoms with Crippen molar-refractivity contribution in [1.29, 1.82) is 0 Å². The van der Waals surface area contributed by atoms with Gasteiger partial charge in [-0.2, -0.15) is 0 Å². The van der Waals surface area contributed by atoms with Crippen molar-refractivity contribution in [1.82, 2.24) is 5.32 Å². The molecule has 0 radical (unpaired) electrons. The predicted molar refractivity (Wildman–Crippen MR) is 103 cm³/mol. The molecule has 0 aromatic heterocycles. The lowest BCUT2D eigenvalue weighted by molar-refractivity contribution is -0.123. The predicted octanol–water partition coefficient (Wildman–Crippen LogP) is 4.45. The van der Waals surface area contributed by atoms with Crippen molar-refractivity contribution in [2.45, 2.75) is 32.7 Å². The second kappa shape index (κ2) is 8.39. The van der Waals surface area contributed by atoms with Crippen molar-refractivity contribution in [3.05, 3.63) is 58.1 Å². The van der Waals surface area contributed by atoms with Gasteiger partial charge in [0, 0.05) is 6.54 Å². The monoisotopic (exact) mass is 405 g/mol. The van der Waals surface area contributed by atoms with Crippen molar-refractivity contribution in [3.8, 4) is 11.5 Å². The van der Waals surface area contributed by atoms with Gasteiger partial charge in [0.25, 0.3) is 5.91 Å². The first-order chi connectivity index (χ1) is 11.8. The van der Waals surface area contributed by atoms with E-state index in [2.05, 4.69) is 42.0 Å². The number of rotatable bonds is 6. The summed E-state index contributed by atoms with van der Waals surface area (Å²) in [6.45, 7) is 6.89. The molecule has 2 rings (SSSR count). The summed E-state index contributed by atoms with van der Waals surface area (Å²) >= 11 is 3.51. The summed E-state index contributed by atoms with van der Waals surface area (Å²) < 4.78 is 11.6. The zero-order valence-corrected chi connectivity index (χ0v) is 16.6. The summed E-state index contributed by atoms with van der Waals surface area (Å²) in [6, 6.07) is 13.5. The number of amides is 1. The summed E-state index contributed by atoms with van der Waals surface area (Å²) in [4.78, 5) is 12.0. The van der Waals surface area contributed by atoms with Crippen LogP contribution < -0.4 is 14.8 Å². The number of ether oxygens (including phenoxy) is 2. The molecule has 0 spiro atoms. The van der Waals surface area contributed by atoms with E-state index in [1.807, 2.05) is 42.5 Å². The van der Waals surface area contributed by atoms with Crippen LogP contribution in [0, 0.1) is 0 Å². The van der Waals surface area contributed by atoms with Crippen LogP contribution >= 0.6 is 15.9 Å². The minimum absolute atomic E-state index is 0.0242. The lowest BCUT2D eigenvalue weighted by Crippen LogP contribution is -2.28. The molecule has 25 heavy (non-hydrogen) atoms. The van der Waals surface area contributed by atoms with Gasteiger partial charge in [0.05, 0.1) is 11.6 Å². The van der Waals surface area contributed by atoms with Gasteiger partial charge in [-0.25, -0.2) is 0 Å². The molecule has 2 aromatic rings. The Morgan fingerprint density at radius 1 is 1.12 bits per heavy atom. The zero-order valence-electron chi connectivity index (χ0n) is 15.1. The fraction of sp³-hybridized carbons (Fsp3) is 0.350. The molecule has 0 aliphatic rings. The van der Waals surface area contributed by atoms with Crippen LogP contribution in [0.25, 0.3) is 0 Å². The molecule has 0 saturated carbocycles. The van der Waals surface area contributed by atoms with E-state index >= 15 is 0 Å². The minimum Gasteiger partial charge on any atom is -0.497 e. The van der Waals surface area contributed by atoms with Crippen LogP contribution in [0.2, 0.25) is 0 Å². The van der Waals surface area contributed by atoms with Gasteiger partial charge in [-0.05, 0) is 56.7 Å². The lowest BCUT2D eigenvalue weighted by Gasteiger charge is -2.20. The Hall–Kier alpha value is -2.01. The largest absolute Gasteiger partial charge is 0.497 e. The molecule has 0 heterocycles. The Labute approximate surface area is 157 Å². The standard InChI is InChI=1S/C20H24BrNO3/c1-20(2,3)15-7-10-18(17(21)11-15)25-13-19(23)22-12-14-5-8-16(24-4)9-6-14/h5-11H,12-13H2,1-4H3,(H,22,23). The molecular weight excluding hydrogens is 382 g/mol. The highest BCUT2D eigenvalue weighted by Gasteiger charge is 2.15. The number of methoxy groups -OCH3 is 1. The lowest BCUT2D eigenvalue weighted by atomic mass is 9.87. The van der Waals surface area contributed by atoms with Crippen molar-refractivity contribution in [2.24, 2.45) is 0 Å². The molecule has 0 aliphatic carbocycles. The van der Waals surface area contributed by atoms with Crippen LogP contribution in [-0.2, 0) is 16.8 Å². The van der Waals surface area contributed by atoms with E-state index in [0.717, 1.165) is 15.8 Å². The van der Waals surface area contributed by atoms with Gasteiger partial charge in [-0.15, -0.1) is 0 Å². The molecule has 2 aromatic carbocycles. The van der Waals surface area contributed by atoms with Gasteiger partial charge in [-0.3, -0.25) is 4.79 Å². The molecule has 0 bridgehead atoms. The summed E-state index contributed by atoms with van der Waals surface area (Å²) in [6.07, 6.45) is 0. The smallest absolute Gasteiger partial charge is 0.258 e. The van der Waals surface area contributed by atoms with Crippen LogP contribution in [0.5, 0.6) is 11.5 Å². The molecule has 4 nitrogen and oxygen atoms in total. The second-order valence-electron chi connectivity index (χ2n) is 6.81. The molecule has 0 fully saturated rings. The average Bonchev–Trinajstić information content (AvgIpc) is 2.58.